The van der Waals surface area contributed by atoms with Gasteiger partial charge in [-0.25, -0.2) is 0 Å². The van der Waals surface area contributed by atoms with Crippen LogP contribution in [-0.2, 0) is 14.0 Å². The molecule has 1 saturated heterocycles. The molecule has 0 aromatic heterocycles. The van der Waals surface area contributed by atoms with Crippen molar-refractivity contribution >= 4 is 24.7 Å². The summed E-state index contributed by atoms with van der Waals surface area (Å²) >= 11 is 0. The molecule has 144 valence electrons. The average molecular weight is 383 g/mol. The topological polar surface area (TPSA) is 35.5 Å². The Morgan fingerprint density at radius 2 is 1.56 bits per heavy atom. The number of esters is 1. The van der Waals surface area contributed by atoms with Gasteiger partial charge in [-0.3, -0.25) is 4.79 Å². The first-order chi connectivity index (χ1) is 12.9. The summed E-state index contributed by atoms with van der Waals surface area (Å²) in [6, 6.07) is 21.2. The van der Waals surface area contributed by atoms with Gasteiger partial charge >= 0.3 is 5.97 Å². The van der Waals surface area contributed by atoms with E-state index in [2.05, 4.69) is 76.2 Å². The van der Waals surface area contributed by atoms with Crippen LogP contribution in [0.15, 0.2) is 60.7 Å². The number of carbonyl (C=O) groups excluding carboxylic acids is 1. The van der Waals surface area contributed by atoms with Crippen molar-refractivity contribution < 1.29 is 14.0 Å². The highest BCUT2D eigenvalue weighted by atomic mass is 28.4. The number of rotatable bonds is 6. The Bertz CT molecular complexity index is 713. The molecule has 27 heavy (non-hydrogen) atoms. The molecular weight excluding hydrogens is 352 g/mol. The third kappa shape index (κ3) is 3.87. The summed E-state index contributed by atoms with van der Waals surface area (Å²) in [5, 5.41) is 2.43. The lowest BCUT2D eigenvalue weighted by molar-refractivity contribution is -0.144. The second kappa shape index (κ2) is 7.99. The van der Waals surface area contributed by atoms with Crippen LogP contribution in [0.1, 0.15) is 47.0 Å². The monoisotopic (exact) mass is 382 g/mol. The lowest BCUT2D eigenvalue weighted by Crippen LogP contribution is -2.68. The van der Waals surface area contributed by atoms with Gasteiger partial charge in [0.05, 0.1) is 6.10 Å². The second-order valence-electron chi connectivity index (χ2n) is 8.29. The number of hydrogen-bond acceptors (Lipinski definition) is 3. The molecule has 4 heteroatoms. The van der Waals surface area contributed by atoms with Gasteiger partial charge in [-0.05, 0) is 28.3 Å². The average Bonchev–Trinajstić information content (AvgIpc) is 3.09. The molecule has 3 nitrogen and oxygen atoms in total. The number of carbonyl (C=O) groups is 1. The van der Waals surface area contributed by atoms with E-state index in [4.69, 9.17) is 9.16 Å². The zero-order valence-corrected chi connectivity index (χ0v) is 17.8. The zero-order chi connectivity index (χ0) is 19.5. The summed E-state index contributed by atoms with van der Waals surface area (Å²) in [6.45, 7) is 8.93. The van der Waals surface area contributed by atoms with Crippen molar-refractivity contribution in [3.63, 3.8) is 0 Å². The van der Waals surface area contributed by atoms with Crippen LogP contribution in [0.25, 0.3) is 0 Å². The Morgan fingerprint density at radius 3 is 1.93 bits per heavy atom. The van der Waals surface area contributed by atoms with Gasteiger partial charge in [-0.15, -0.1) is 0 Å². The molecule has 2 aromatic carbocycles. The molecule has 0 radical (unpaired) electrons. The Kier molecular flexibility index (Phi) is 5.87. The molecule has 2 atom stereocenters. The molecule has 1 fully saturated rings. The van der Waals surface area contributed by atoms with Crippen molar-refractivity contribution in [2.24, 2.45) is 0 Å². The third-order valence-corrected chi connectivity index (χ3v) is 10.5. The minimum absolute atomic E-state index is 0.0776. The first kappa shape index (κ1) is 19.8. The molecule has 0 unspecified atom stereocenters. The molecule has 0 spiro atoms. The van der Waals surface area contributed by atoms with Gasteiger partial charge in [-0.1, -0.05) is 88.4 Å². The Hall–Kier alpha value is -1.91. The minimum atomic E-state index is -2.61. The van der Waals surface area contributed by atoms with E-state index in [0.717, 1.165) is 12.8 Å². The summed E-state index contributed by atoms with van der Waals surface area (Å²) in [5.74, 6) is -0.107. The summed E-state index contributed by atoms with van der Waals surface area (Å²) in [5.41, 5.74) is 0. The van der Waals surface area contributed by atoms with Crippen LogP contribution in [-0.4, -0.2) is 26.5 Å². The van der Waals surface area contributed by atoms with E-state index in [0.29, 0.717) is 6.42 Å². The van der Waals surface area contributed by atoms with Crippen LogP contribution in [0.2, 0.25) is 5.04 Å². The SMILES string of the molecule is CC[C@@H](O[Si](c1ccccc1)(c1ccccc1)C(C)(C)C)[C@@H]1CCC(=O)O1. The fourth-order valence-corrected chi connectivity index (χ4v) is 8.94. The van der Waals surface area contributed by atoms with Crippen LogP contribution in [0.4, 0.5) is 0 Å². The molecule has 1 heterocycles. The van der Waals surface area contributed by atoms with E-state index < -0.39 is 8.32 Å². The van der Waals surface area contributed by atoms with Gasteiger partial charge in [0, 0.05) is 6.42 Å². The lowest BCUT2D eigenvalue weighted by Gasteiger charge is -2.45. The van der Waals surface area contributed by atoms with E-state index in [9.17, 15) is 4.79 Å². The predicted molar refractivity (Wildman–Crippen MR) is 112 cm³/mol. The third-order valence-electron chi connectivity index (χ3n) is 5.48. The lowest BCUT2D eigenvalue weighted by atomic mass is 10.1. The van der Waals surface area contributed by atoms with E-state index in [1.807, 2.05) is 12.1 Å². The van der Waals surface area contributed by atoms with Crippen molar-refractivity contribution in [3.05, 3.63) is 60.7 Å². The van der Waals surface area contributed by atoms with Crippen LogP contribution in [0.5, 0.6) is 0 Å². The predicted octanol–water partition coefficient (Wildman–Crippen LogP) is 4.05. The van der Waals surface area contributed by atoms with Gasteiger partial charge in [0.1, 0.15) is 6.10 Å². The van der Waals surface area contributed by atoms with Crippen LogP contribution in [0, 0.1) is 0 Å². The van der Waals surface area contributed by atoms with E-state index in [-0.39, 0.29) is 23.2 Å². The summed E-state index contributed by atoms with van der Waals surface area (Å²) in [6.07, 6.45) is 1.82. The maximum absolute atomic E-state index is 11.7. The second-order valence-corrected chi connectivity index (χ2v) is 12.5. The Morgan fingerprint density at radius 1 is 1.04 bits per heavy atom. The molecule has 0 aliphatic carbocycles. The normalized spacial score (nSPS) is 19.0. The maximum Gasteiger partial charge on any atom is 0.306 e. The summed E-state index contributed by atoms with van der Waals surface area (Å²) in [7, 11) is -2.61. The summed E-state index contributed by atoms with van der Waals surface area (Å²) in [4.78, 5) is 11.7. The fraction of sp³-hybridized carbons (Fsp3) is 0.435. The molecule has 0 amide bonds. The highest BCUT2D eigenvalue weighted by Gasteiger charge is 2.52. The van der Waals surface area contributed by atoms with E-state index in [1.165, 1.54) is 10.4 Å². The van der Waals surface area contributed by atoms with Crippen molar-refractivity contribution in [1.29, 1.82) is 0 Å². The number of benzene rings is 2. The van der Waals surface area contributed by atoms with E-state index >= 15 is 0 Å². The smallest absolute Gasteiger partial charge is 0.306 e. The first-order valence-corrected chi connectivity index (χ1v) is 11.8. The fourth-order valence-electron chi connectivity index (χ4n) is 4.15. The molecule has 2 aromatic rings. The minimum Gasteiger partial charge on any atom is -0.460 e. The Labute approximate surface area is 163 Å². The quantitative estimate of drug-likeness (QED) is 0.559. The van der Waals surface area contributed by atoms with Gasteiger partial charge in [-0.2, -0.15) is 0 Å². The van der Waals surface area contributed by atoms with Gasteiger partial charge < -0.3 is 9.16 Å². The first-order valence-electron chi connectivity index (χ1n) is 9.87. The van der Waals surface area contributed by atoms with Crippen molar-refractivity contribution in [3.8, 4) is 0 Å². The van der Waals surface area contributed by atoms with Crippen LogP contribution in [0.3, 0.4) is 0 Å². The van der Waals surface area contributed by atoms with Crippen LogP contribution < -0.4 is 10.4 Å². The summed E-state index contributed by atoms with van der Waals surface area (Å²) < 4.78 is 12.7. The van der Waals surface area contributed by atoms with Gasteiger partial charge in [0.2, 0.25) is 0 Å². The molecule has 1 aliphatic rings. The van der Waals surface area contributed by atoms with Gasteiger partial charge in [0.15, 0.2) is 0 Å². The Balaban J connectivity index is 2.12. The molecule has 0 bridgehead atoms. The van der Waals surface area contributed by atoms with Crippen molar-refractivity contribution in [2.45, 2.75) is 64.2 Å². The van der Waals surface area contributed by atoms with Crippen molar-refractivity contribution in [1.82, 2.24) is 0 Å². The number of cyclic esters (lactones) is 1. The molecule has 0 saturated carbocycles. The van der Waals surface area contributed by atoms with Crippen molar-refractivity contribution in [2.75, 3.05) is 0 Å². The zero-order valence-electron chi connectivity index (χ0n) is 16.8. The van der Waals surface area contributed by atoms with Crippen LogP contribution >= 0.6 is 0 Å². The number of ether oxygens (including phenoxy) is 1. The maximum atomic E-state index is 11.7. The molecule has 0 N–H and O–H groups in total. The van der Waals surface area contributed by atoms with Gasteiger partial charge in [0.25, 0.3) is 8.32 Å². The van der Waals surface area contributed by atoms with E-state index in [1.54, 1.807) is 0 Å². The molecule has 1 aliphatic heterocycles. The molecular formula is C23H30O3Si. The standard InChI is InChI=1S/C23H30O3Si/c1-5-20(21-16-17-22(24)25-21)26-27(23(2,3)4,18-12-8-6-9-13-18)19-14-10-7-11-15-19/h6-15,20-21H,5,16-17H2,1-4H3/t20-,21+/m1/s1. The highest BCUT2D eigenvalue weighted by molar-refractivity contribution is 6.99. The largest absolute Gasteiger partial charge is 0.460 e. The molecule has 3 rings (SSSR count). The number of hydrogen-bond donors (Lipinski definition) is 0. The highest BCUT2D eigenvalue weighted by Crippen LogP contribution is 2.39.